The molecule has 0 atom stereocenters. The normalized spacial score (nSPS) is 17.3. The first-order valence-corrected chi connectivity index (χ1v) is 6.36. The second-order valence-electron chi connectivity index (χ2n) is 4.79. The maximum absolute atomic E-state index is 11.7. The van der Waals surface area contributed by atoms with Gasteiger partial charge in [-0.25, -0.2) is 9.59 Å². The van der Waals surface area contributed by atoms with Gasteiger partial charge in [-0.05, 0) is 24.6 Å². The number of rotatable bonds is 2. The number of hydrogen-bond donors (Lipinski definition) is 1. The van der Waals surface area contributed by atoms with E-state index in [0.717, 1.165) is 5.56 Å². The molecular formula is C14H14ClNO4. The van der Waals surface area contributed by atoms with Crippen LogP contribution in [0, 0.1) is 6.92 Å². The summed E-state index contributed by atoms with van der Waals surface area (Å²) in [5, 5.41) is 3.45. The lowest BCUT2D eigenvalue weighted by molar-refractivity contribution is -0.222. The molecule has 0 radical (unpaired) electrons. The van der Waals surface area contributed by atoms with Crippen LogP contribution in [0.2, 0.25) is 5.02 Å². The quantitative estimate of drug-likeness (QED) is 0.516. The Bertz CT molecular complexity index is 585. The first kappa shape index (κ1) is 14.4. The highest BCUT2D eigenvalue weighted by Gasteiger charge is 2.38. The van der Waals surface area contributed by atoms with Crippen molar-refractivity contribution in [2.24, 2.45) is 0 Å². The smallest absolute Gasteiger partial charge is 0.350 e. The van der Waals surface area contributed by atoms with Crippen LogP contribution in [0.3, 0.4) is 0 Å². The molecule has 1 saturated heterocycles. The third kappa shape index (κ3) is 2.93. The highest BCUT2D eigenvalue weighted by molar-refractivity contribution is 6.31. The molecule has 0 saturated carbocycles. The largest absolute Gasteiger partial charge is 0.419 e. The molecule has 1 fully saturated rings. The van der Waals surface area contributed by atoms with Crippen LogP contribution in [0.15, 0.2) is 30.0 Å². The van der Waals surface area contributed by atoms with E-state index in [0.29, 0.717) is 10.7 Å². The molecule has 0 aromatic heterocycles. The molecule has 5 nitrogen and oxygen atoms in total. The fourth-order valence-electron chi connectivity index (χ4n) is 1.69. The zero-order valence-electron chi connectivity index (χ0n) is 11.3. The van der Waals surface area contributed by atoms with Crippen molar-refractivity contribution in [2.75, 3.05) is 5.32 Å². The number of halogens is 1. The molecule has 20 heavy (non-hydrogen) atoms. The Hall–Kier alpha value is -2.01. The maximum Gasteiger partial charge on any atom is 0.350 e. The standard InChI is InChI=1S/C14H14ClNO4/c1-8-10(15)5-4-6-11(8)16-7-9-12(17)19-14(2,3)20-13(9)18/h4-7,16H,1-3H3. The van der Waals surface area contributed by atoms with E-state index in [4.69, 9.17) is 21.1 Å². The molecule has 1 N–H and O–H groups in total. The third-order valence-electron chi connectivity index (χ3n) is 2.76. The highest BCUT2D eigenvalue weighted by Crippen LogP contribution is 2.25. The van der Waals surface area contributed by atoms with E-state index >= 15 is 0 Å². The minimum Gasteiger partial charge on any atom is -0.419 e. The van der Waals surface area contributed by atoms with Crippen LogP contribution in [0.1, 0.15) is 19.4 Å². The summed E-state index contributed by atoms with van der Waals surface area (Å²) in [7, 11) is 0. The van der Waals surface area contributed by atoms with E-state index in [9.17, 15) is 9.59 Å². The van der Waals surface area contributed by atoms with Crippen molar-refractivity contribution in [3.63, 3.8) is 0 Å². The summed E-state index contributed by atoms with van der Waals surface area (Å²) in [6.45, 7) is 4.81. The van der Waals surface area contributed by atoms with E-state index in [1.54, 1.807) is 18.2 Å². The third-order valence-corrected chi connectivity index (χ3v) is 3.17. The van der Waals surface area contributed by atoms with Crippen molar-refractivity contribution in [3.05, 3.63) is 40.6 Å². The fraction of sp³-hybridized carbons (Fsp3) is 0.286. The van der Waals surface area contributed by atoms with Crippen molar-refractivity contribution >= 4 is 29.2 Å². The zero-order chi connectivity index (χ0) is 14.9. The topological polar surface area (TPSA) is 64.6 Å². The summed E-state index contributed by atoms with van der Waals surface area (Å²) in [5.74, 6) is -2.69. The van der Waals surface area contributed by atoms with E-state index in [1.807, 2.05) is 6.92 Å². The van der Waals surface area contributed by atoms with Crippen LogP contribution in [0.5, 0.6) is 0 Å². The Morgan fingerprint density at radius 1 is 1.20 bits per heavy atom. The first-order chi connectivity index (χ1) is 9.30. The summed E-state index contributed by atoms with van der Waals surface area (Å²) in [5.41, 5.74) is 1.31. The van der Waals surface area contributed by atoms with Crippen LogP contribution >= 0.6 is 11.6 Å². The monoisotopic (exact) mass is 295 g/mol. The summed E-state index contributed by atoms with van der Waals surface area (Å²) < 4.78 is 9.97. The van der Waals surface area contributed by atoms with Gasteiger partial charge in [0.05, 0.1) is 0 Å². The van der Waals surface area contributed by atoms with Crippen molar-refractivity contribution in [3.8, 4) is 0 Å². The number of ether oxygens (including phenoxy) is 2. The van der Waals surface area contributed by atoms with Gasteiger partial charge in [0.15, 0.2) is 5.57 Å². The Kier molecular flexibility index (Phi) is 3.72. The number of nitrogens with one attached hydrogen (secondary N) is 1. The predicted molar refractivity (Wildman–Crippen MR) is 74.2 cm³/mol. The van der Waals surface area contributed by atoms with Gasteiger partial charge >= 0.3 is 11.9 Å². The molecule has 1 aromatic carbocycles. The Labute approximate surface area is 121 Å². The van der Waals surface area contributed by atoms with Gasteiger partial charge in [0.2, 0.25) is 0 Å². The molecule has 0 amide bonds. The number of esters is 2. The summed E-state index contributed by atoms with van der Waals surface area (Å²) in [6.07, 6.45) is 1.26. The van der Waals surface area contributed by atoms with Gasteiger partial charge < -0.3 is 14.8 Å². The van der Waals surface area contributed by atoms with Gasteiger partial charge in [0.25, 0.3) is 5.79 Å². The number of carbonyl (C=O) groups excluding carboxylic acids is 2. The van der Waals surface area contributed by atoms with Gasteiger partial charge in [0.1, 0.15) is 0 Å². The molecule has 0 unspecified atom stereocenters. The lowest BCUT2D eigenvalue weighted by atomic mass is 10.2. The average molecular weight is 296 g/mol. The number of cyclic esters (lactones) is 2. The summed E-state index contributed by atoms with van der Waals surface area (Å²) >= 11 is 5.99. The van der Waals surface area contributed by atoms with Gasteiger partial charge in [-0.1, -0.05) is 17.7 Å². The lowest BCUT2D eigenvalue weighted by Crippen LogP contribution is -2.42. The first-order valence-electron chi connectivity index (χ1n) is 5.99. The Morgan fingerprint density at radius 2 is 1.80 bits per heavy atom. The van der Waals surface area contributed by atoms with Gasteiger partial charge in [-0.3, -0.25) is 0 Å². The lowest BCUT2D eigenvalue weighted by Gasteiger charge is -2.29. The van der Waals surface area contributed by atoms with Gasteiger partial charge in [0, 0.05) is 30.8 Å². The van der Waals surface area contributed by atoms with Crippen molar-refractivity contribution in [1.29, 1.82) is 0 Å². The highest BCUT2D eigenvalue weighted by atomic mass is 35.5. The number of hydrogen-bond acceptors (Lipinski definition) is 5. The number of anilines is 1. The minimum atomic E-state index is -1.24. The van der Waals surface area contributed by atoms with Crippen LogP contribution in [0.4, 0.5) is 5.69 Å². The van der Waals surface area contributed by atoms with Gasteiger partial charge in [-0.15, -0.1) is 0 Å². The van der Waals surface area contributed by atoms with Crippen LogP contribution in [-0.4, -0.2) is 17.7 Å². The maximum atomic E-state index is 11.7. The molecule has 1 aliphatic heterocycles. The molecule has 6 heteroatoms. The number of benzene rings is 1. The van der Waals surface area contributed by atoms with Crippen molar-refractivity contribution < 1.29 is 19.1 Å². The summed E-state index contributed by atoms with van der Waals surface area (Å²) in [4.78, 5) is 23.5. The molecular weight excluding hydrogens is 282 g/mol. The second-order valence-corrected chi connectivity index (χ2v) is 5.20. The molecule has 0 spiro atoms. The van der Waals surface area contributed by atoms with E-state index < -0.39 is 17.7 Å². The Balaban J connectivity index is 2.22. The molecule has 0 aliphatic carbocycles. The SMILES string of the molecule is Cc1c(Cl)cccc1NC=C1C(=O)OC(C)(C)OC1=O. The molecule has 1 heterocycles. The molecule has 0 bridgehead atoms. The van der Waals surface area contributed by atoms with Crippen LogP contribution in [0.25, 0.3) is 0 Å². The fourth-order valence-corrected chi connectivity index (χ4v) is 1.87. The van der Waals surface area contributed by atoms with Gasteiger partial charge in [-0.2, -0.15) is 0 Å². The average Bonchev–Trinajstić information content (AvgIpc) is 2.31. The molecule has 1 aliphatic rings. The minimum absolute atomic E-state index is 0.191. The Morgan fingerprint density at radius 3 is 2.40 bits per heavy atom. The van der Waals surface area contributed by atoms with E-state index in [2.05, 4.69) is 5.32 Å². The van der Waals surface area contributed by atoms with Crippen LogP contribution in [-0.2, 0) is 19.1 Å². The molecule has 106 valence electrons. The number of carbonyl (C=O) groups is 2. The van der Waals surface area contributed by atoms with E-state index in [1.165, 1.54) is 20.0 Å². The summed E-state index contributed by atoms with van der Waals surface area (Å²) in [6, 6.07) is 5.29. The van der Waals surface area contributed by atoms with Crippen molar-refractivity contribution in [2.45, 2.75) is 26.6 Å². The predicted octanol–water partition coefficient (Wildman–Crippen LogP) is 2.78. The van der Waals surface area contributed by atoms with Crippen LogP contribution < -0.4 is 5.32 Å². The molecule has 1 aromatic rings. The zero-order valence-corrected chi connectivity index (χ0v) is 12.1. The van der Waals surface area contributed by atoms with Crippen molar-refractivity contribution in [1.82, 2.24) is 0 Å². The molecule has 2 rings (SSSR count). The van der Waals surface area contributed by atoms with E-state index in [-0.39, 0.29) is 5.57 Å². The second kappa shape index (κ2) is 5.17.